The first kappa shape index (κ1) is 18.4. The third kappa shape index (κ3) is 4.78. The molecule has 0 amide bonds. The third-order valence-corrected chi connectivity index (χ3v) is 5.76. The number of rotatable bonds is 5. The molecule has 0 radical (unpaired) electrons. The summed E-state index contributed by atoms with van der Waals surface area (Å²) in [7, 11) is -3.12. The predicted octanol–water partition coefficient (Wildman–Crippen LogP) is 2.22. The van der Waals surface area contributed by atoms with Crippen LogP contribution in [0.25, 0.3) is 0 Å². The predicted molar refractivity (Wildman–Crippen MR) is 90.7 cm³/mol. The second-order valence-electron chi connectivity index (χ2n) is 7.34. The van der Waals surface area contributed by atoms with Gasteiger partial charge in [-0.3, -0.25) is 4.90 Å². The van der Waals surface area contributed by atoms with E-state index < -0.39 is 10.0 Å². The van der Waals surface area contributed by atoms with E-state index in [1.807, 2.05) is 13.1 Å². The van der Waals surface area contributed by atoms with Gasteiger partial charge in [0, 0.05) is 31.1 Å². The molecule has 6 nitrogen and oxygen atoms in total. The summed E-state index contributed by atoms with van der Waals surface area (Å²) in [5.41, 5.74) is -0.0324. The molecule has 1 saturated heterocycles. The van der Waals surface area contributed by atoms with Gasteiger partial charge in [-0.15, -0.1) is 0 Å². The van der Waals surface area contributed by atoms with Crippen molar-refractivity contribution in [2.75, 3.05) is 25.9 Å². The lowest BCUT2D eigenvalue weighted by Gasteiger charge is -2.36. The topological polar surface area (TPSA) is 66.7 Å². The molecule has 132 valence electrons. The largest absolute Gasteiger partial charge is 0.444 e. The molecule has 0 unspecified atom stereocenters. The third-order valence-electron chi connectivity index (χ3n) is 4.35. The fourth-order valence-corrected chi connectivity index (χ4v) is 4.27. The monoisotopic (exact) mass is 343 g/mol. The number of hydrogen-bond donors (Lipinski definition) is 0. The number of oxazole rings is 1. The Hall–Kier alpha value is -0.920. The van der Waals surface area contributed by atoms with Crippen molar-refractivity contribution >= 4 is 10.0 Å². The Morgan fingerprint density at radius 2 is 1.96 bits per heavy atom. The summed E-state index contributed by atoms with van der Waals surface area (Å²) in [5.74, 6) is 1.64. The molecule has 1 fully saturated rings. The van der Waals surface area contributed by atoms with Crippen LogP contribution >= 0.6 is 0 Å². The van der Waals surface area contributed by atoms with E-state index in [4.69, 9.17) is 4.42 Å². The van der Waals surface area contributed by atoms with Gasteiger partial charge >= 0.3 is 0 Å². The van der Waals surface area contributed by atoms with Crippen molar-refractivity contribution < 1.29 is 12.8 Å². The Bertz CT molecular complexity index is 611. The maximum Gasteiger partial charge on any atom is 0.211 e. The van der Waals surface area contributed by atoms with Crippen LogP contribution < -0.4 is 0 Å². The van der Waals surface area contributed by atoms with Gasteiger partial charge in [-0.05, 0) is 12.8 Å². The van der Waals surface area contributed by atoms with Crippen LogP contribution in [0.2, 0.25) is 0 Å². The molecular formula is C16H29N3O3S. The fraction of sp³-hybridized carbons (Fsp3) is 0.812. The molecule has 0 aromatic carbocycles. The van der Waals surface area contributed by atoms with Crippen molar-refractivity contribution in [2.24, 2.45) is 0 Å². The summed E-state index contributed by atoms with van der Waals surface area (Å²) >= 11 is 0. The number of nitrogens with zero attached hydrogens (tertiary/aromatic N) is 3. The number of aromatic nitrogens is 1. The second-order valence-corrected chi connectivity index (χ2v) is 9.28. The highest BCUT2D eigenvalue weighted by atomic mass is 32.2. The maximum atomic E-state index is 11.8. The first-order valence-electron chi connectivity index (χ1n) is 8.25. The van der Waals surface area contributed by atoms with E-state index >= 15 is 0 Å². The van der Waals surface area contributed by atoms with Gasteiger partial charge in [-0.2, -0.15) is 4.31 Å². The minimum Gasteiger partial charge on any atom is -0.444 e. The van der Waals surface area contributed by atoms with Crippen molar-refractivity contribution in [3.8, 4) is 0 Å². The molecule has 1 aliphatic heterocycles. The quantitative estimate of drug-likeness (QED) is 0.820. The fourth-order valence-electron chi connectivity index (χ4n) is 3.05. The van der Waals surface area contributed by atoms with Gasteiger partial charge in [-0.25, -0.2) is 13.4 Å². The van der Waals surface area contributed by atoms with Crippen LogP contribution in [0.1, 0.15) is 52.2 Å². The van der Waals surface area contributed by atoms with Crippen molar-refractivity contribution in [1.82, 2.24) is 14.2 Å². The molecule has 0 bridgehead atoms. The molecule has 0 aliphatic carbocycles. The molecule has 23 heavy (non-hydrogen) atoms. The number of piperidine rings is 1. The lowest BCUT2D eigenvalue weighted by atomic mass is 9.94. The second kappa shape index (κ2) is 6.91. The van der Waals surface area contributed by atoms with E-state index in [2.05, 4.69) is 30.7 Å². The Morgan fingerprint density at radius 1 is 1.35 bits per heavy atom. The Labute approximate surface area is 139 Å². The molecule has 0 N–H and O–H groups in total. The lowest BCUT2D eigenvalue weighted by molar-refractivity contribution is 0.145. The van der Waals surface area contributed by atoms with E-state index in [1.165, 1.54) is 6.26 Å². The Kier molecular flexibility index (Phi) is 5.53. The molecule has 0 atom stereocenters. The molecule has 0 spiro atoms. The molecule has 7 heteroatoms. The Balaban J connectivity index is 1.91. The summed E-state index contributed by atoms with van der Waals surface area (Å²) in [4.78, 5) is 6.65. The van der Waals surface area contributed by atoms with Crippen LogP contribution in [0.5, 0.6) is 0 Å². The highest BCUT2D eigenvalue weighted by molar-refractivity contribution is 7.88. The highest BCUT2D eigenvalue weighted by Gasteiger charge is 2.29. The number of sulfonamides is 1. The minimum absolute atomic E-state index is 0.0324. The van der Waals surface area contributed by atoms with Crippen LogP contribution in [-0.4, -0.2) is 54.5 Å². The van der Waals surface area contributed by atoms with Gasteiger partial charge in [0.25, 0.3) is 0 Å². The van der Waals surface area contributed by atoms with Crippen molar-refractivity contribution in [1.29, 1.82) is 0 Å². The zero-order valence-corrected chi connectivity index (χ0v) is 15.7. The van der Waals surface area contributed by atoms with Crippen LogP contribution in [-0.2, 0) is 22.0 Å². The smallest absolute Gasteiger partial charge is 0.211 e. The lowest BCUT2D eigenvalue weighted by Crippen LogP contribution is -2.46. The number of hydrogen-bond acceptors (Lipinski definition) is 5. The zero-order chi connectivity index (χ0) is 17.3. The van der Waals surface area contributed by atoms with Gasteiger partial charge in [0.15, 0.2) is 0 Å². The van der Waals surface area contributed by atoms with Gasteiger partial charge < -0.3 is 4.42 Å². The molecule has 1 aliphatic rings. The van der Waals surface area contributed by atoms with E-state index in [1.54, 1.807) is 4.31 Å². The summed E-state index contributed by atoms with van der Waals surface area (Å²) < 4.78 is 31.1. The van der Waals surface area contributed by atoms with Gasteiger partial charge in [-0.1, -0.05) is 27.7 Å². The average Bonchev–Trinajstić information content (AvgIpc) is 2.88. The van der Waals surface area contributed by atoms with Crippen molar-refractivity contribution in [3.63, 3.8) is 0 Å². The molecule has 1 aromatic rings. The zero-order valence-electron chi connectivity index (χ0n) is 14.9. The van der Waals surface area contributed by atoms with Gasteiger partial charge in [0.1, 0.15) is 5.76 Å². The summed E-state index contributed by atoms with van der Waals surface area (Å²) in [6.07, 6.45) is 4.82. The van der Waals surface area contributed by atoms with E-state index in [-0.39, 0.29) is 11.5 Å². The van der Waals surface area contributed by atoms with E-state index in [0.29, 0.717) is 13.1 Å². The average molecular weight is 343 g/mol. The molecule has 2 rings (SSSR count). The van der Waals surface area contributed by atoms with Crippen molar-refractivity contribution in [3.05, 3.63) is 17.8 Å². The van der Waals surface area contributed by atoms with Gasteiger partial charge in [0.2, 0.25) is 15.9 Å². The minimum atomic E-state index is -3.12. The molecular weight excluding hydrogens is 314 g/mol. The van der Waals surface area contributed by atoms with Gasteiger partial charge in [0.05, 0.1) is 19.0 Å². The van der Waals surface area contributed by atoms with Crippen molar-refractivity contribution in [2.45, 2.75) is 58.5 Å². The van der Waals surface area contributed by atoms with Crippen LogP contribution in [0, 0.1) is 0 Å². The van der Waals surface area contributed by atoms with Crippen LogP contribution in [0.15, 0.2) is 10.6 Å². The SMILES string of the molecule is CCN(C1CCN(Cc2ncc(C(C)(C)C)o2)CC1)S(C)(=O)=O. The molecule has 2 heterocycles. The first-order chi connectivity index (χ1) is 10.6. The van der Waals surface area contributed by atoms with E-state index in [0.717, 1.165) is 37.6 Å². The van der Waals surface area contributed by atoms with Crippen LogP contribution in [0.4, 0.5) is 0 Å². The summed E-state index contributed by atoms with van der Waals surface area (Å²) in [6.45, 7) is 11.2. The number of likely N-dealkylation sites (tertiary alicyclic amines) is 1. The normalized spacial score (nSPS) is 18.7. The van der Waals surface area contributed by atoms with Crippen LogP contribution in [0.3, 0.4) is 0 Å². The summed E-state index contributed by atoms with van der Waals surface area (Å²) in [6, 6.07) is 0.112. The summed E-state index contributed by atoms with van der Waals surface area (Å²) in [5, 5.41) is 0. The standard InChI is InChI=1S/C16H29N3O3S/c1-6-19(23(5,20)21)13-7-9-18(10-8-13)12-15-17-11-14(22-15)16(2,3)4/h11,13H,6-10,12H2,1-5H3. The highest BCUT2D eigenvalue weighted by Crippen LogP contribution is 2.24. The maximum absolute atomic E-state index is 11.8. The molecule has 1 aromatic heterocycles. The Morgan fingerprint density at radius 3 is 2.39 bits per heavy atom. The molecule has 0 saturated carbocycles. The van der Waals surface area contributed by atoms with E-state index in [9.17, 15) is 8.42 Å². The first-order valence-corrected chi connectivity index (χ1v) is 10.1.